The van der Waals surface area contributed by atoms with Gasteiger partial charge in [-0.3, -0.25) is 4.79 Å². The number of amides is 2. The number of urea groups is 1. The summed E-state index contributed by atoms with van der Waals surface area (Å²) in [6, 6.07) is -0.712. The predicted octanol–water partition coefficient (Wildman–Crippen LogP) is 2.05. The molecule has 2 atom stereocenters. The van der Waals surface area contributed by atoms with Crippen molar-refractivity contribution in [2.45, 2.75) is 39.2 Å². The number of carboxylic acid groups (broad SMARTS) is 1. The molecule has 3 N–H and O–H groups in total. The van der Waals surface area contributed by atoms with Crippen LogP contribution in [-0.2, 0) is 4.79 Å². The van der Waals surface area contributed by atoms with Gasteiger partial charge in [0.15, 0.2) is 0 Å². The Morgan fingerprint density at radius 3 is 2.60 bits per heavy atom. The van der Waals surface area contributed by atoms with E-state index in [1.54, 1.807) is 17.5 Å². The summed E-state index contributed by atoms with van der Waals surface area (Å²) >= 11 is 1.55. The number of aromatic nitrogens is 1. The largest absolute Gasteiger partial charge is 0.481 e. The first-order valence-corrected chi connectivity index (χ1v) is 7.43. The number of carbonyl (C=O) groups excluding carboxylic acids is 1. The zero-order chi connectivity index (χ0) is 15.1. The van der Waals surface area contributed by atoms with Crippen LogP contribution in [0.1, 0.15) is 38.1 Å². The highest BCUT2D eigenvalue weighted by Gasteiger charge is 2.19. The fourth-order valence-electron chi connectivity index (χ4n) is 1.67. The highest BCUT2D eigenvalue weighted by atomic mass is 32.1. The van der Waals surface area contributed by atoms with Crippen LogP contribution in [0.15, 0.2) is 11.6 Å². The lowest BCUT2D eigenvalue weighted by atomic mass is 10.0. The highest BCUT2D eigenvalue weighted by molar-refractivity contribution is 7.09. The quantitative estimate of drug-likeness (QED) is 0.718. The number of thiazole rings is 1. The maximum absolute atomic E-state index is 11.8. The first-order valence-electron chi connectivity index (χ1n) is 6.55. The molecule has 1 aromatic rings. The molecule has 6 nitrogen and oxygen atoms in total. The molecule has 0 radical (unpaired) electrons. The van der Waals surface area contributed by atoms with Crippen molar-refractivity contribution in [2.24, 2.45) is 5.92 Å². The number of hydrogen-bond acceptors (Lipinski definition) is 4. The number of hydrogen-bond donors (Lipinski definition) is 3. The van der Waals surface area contributed by atoms with Crippen molar-refractivity contribution in [3.05, 3.63) is 16.6 Å². The maximum atomic E-state index is 11.8. The van der Waals surface area contributed by atoms with Gasteiger partial charge in [-0.2, -0.15) is 0 Å². The van der Waals surface area contributed by atoms with Crippen LogP contribution in [0.2, 0.25) is 0 Å². The average molecular weight is 299 g/mol. The fraction of sp³-hybridized carbons (Fsp3) is 0.615. The Balaban J connectivity index is 2.40. The monoisotopic (exact) mass is 299 g/mol. The minimum Gasteiger partial charge on any atom is -0.481 e. The molecule has 1 aromatic heterocycles. The molecule has 0 fully saturated rings. The summed E-state index contributed by atoms with van der Waals surface area (Å²) < 4.78 is 0. The second kappa shape index (κ2) is 7.84. The van der Waals surface area contributed by atoms with Gasteiger partial charge in [-0.25, -0.2) is 9.78 Å². The molecular weight excluding hydrogens is 278 g/mol. The molecule has 2 amide bonds. The smallest absolute Gasteiger partial charge is 0.315 e. The van der Waals surface area contributed by atoms with Crippen molar-refractivity contribution in [3.63, 3.8) is 0 Å². The van der Waals surface area contributed by atoms with Crippen LogP contribution in [0.25, 0.3) is 0 Å². The van der Waals surface area contributed by atoms with Crippen molar-refractivity contribution in [3.8, 4) is 0 Å². The number of rotatable bonds is 7. The van der Waals surface area contributed by atoms with Crippen LogP contribution >= 0.6 is 11.3 Å². The highest BCUT2D eigenvalue weighted by Crippen LogP contribution is 2.16. The molecule has 2 unspecified atom stereocenters. The standard InChI is InChI=1S/C13H21N3O3S/c1-8(2)10(6-11(17)18)16-13(19)15-7-9(3)12-14-4-5-20-12/h4-5,8-10H,6-7H2,1-3H3,(H,17,18)(H2,15,16,19). The van der Waals surface area contributed by atoms with E-state index in [0.29, 0.717) is 6.54 Å². The van der Waals surface area contributed by atoms with Gasteiger partial charge in [0.1, 0.15) is 0 Å². The lowest BCUT2D eigenvalue weighted by Gasteiger charge is -2.21. The minimum atomic E-state index is -0.917. The van der Waals surface area contributed by atoms with Gasteiger partial charge in [0, 0.05) is 30.1 Å². The van der Waals surface area contributed by atoms with E-state index in [1.165, 1.54) is 0 Å². The lowest BCUT2D eigenvalue weighted by Crippen LogP contribution is -2.46. The summed E-state index contributed by atoms with van der Waals surface area (Å²) in [5.41, 5.74) is 0. The van der Waals surface area contributed by atoms with Gasteiger partial charge >= 0.3 is 12.0 Å². The number of nitrogens with zero attached hydrogens (tertiary/aromatic N) is 1. The molecule has 1 heterocycles. The van der Waals surface area contributed by atoms with E-state index in [9.17, 15) is 9.59 Å². The number of carboxylic acids is 1. The van der Waals surface area contributed by atoms with Crippen LogP contribution in [-0.4, -0.2) is 34.7 Å². The molecule has 0 aliphatic heterocycles. The summed E-state index contributed by atoms with van der Waals surface area (Å²) in [7, 11) is 0. The van der Waals surface area contributed by atoms with E-state index in [-0.39, 0.29) is 30.3 Å². The Labute approximate surface area is 122 Å². The first kappa shape index (κ1) is 16.4. The van der Waals surface area contributed by atoms with Gasteiger partial charge in [0.25, 0.3) is 0 Å². The maximum Gasteiger partial charge on any atom is 0.315 e. The second-order valence-electron chi connectivity index (χ2n) is 5.07. The van der Waals surface area contributed by atoms with Gasteiger partial charge in [-0.15, -0.1) is 11.3 Å². The van der Waals surface area contributed by atoms with Gasteiger partial charge in [-0.1, -0.05) is 20.8 Å². The Hall–Kier alpha value is -1.63. The minimum absolute atomic E-state index is 0.0632. The first-order chi connectivity index (χ1) is 9.40. The molecule has 0 aromatic carbocycles. The van der Waals surface area contributed by atoms with Crippen LogP contribution in [0.4, 0.5) is 4.79 Å². The molecular formula is C13H21N3O3S. The third kappa shape index (κ3) is 5.56. The van der Waals surface area contributed by atoms with E-state index < -0.39 is 5.97 Å². The average Bonchev–Trinajstić information content (AvgIpc) is 2.88. The topological polar surface area (TPSA) is 91.3 Å². The van der Waals surface area contributed by atoms with Crippen molar-refractivity contribution in [1.29, 1.82) is 0 Å². The zero-order valence-electron chi connectivity index (χ0n) is 11.9. The van der Waals surface area contributed by atoms with Gasteiger partial charge in [-0.05, 0) is 5.92 Å². The second-order valence-corrected chi connectivity index (χ2v) is 6.00. The SMILES string of the molecule is CC(CNC(=O)NC(CC(=O)O)C(C)C)c1nccs1. The van der Waals surface area contributed by atoms with E-state index in [1.807, 2.05) is 26.2 Å². The van der Waals surface area contributed by atoms with Crippen molar-refractivity contribution in [1.82, 2.24) is 15.6 Å². The van der Waals surface area contributed by atoms with E-state index in [2.05, 4.69) is 15.6 Å². The van der Waals surface area contributed by atoms with Crippen molar-refractivity contribution >= 4 is 23.3 Å². The molecule has 0 bridgehead atoms. The Morgan fingerprint density at radius 1 is 1.40 bits per heavy atom. The van der Waals surface area contributed by atoms with Crippen LogP contribution in [0.3, 0.4) is 0 Å². The molecule has 7 heteroatoms. The summed E-state index contributed by atoms with van der Waals surface area (Å²) in [4.78, 5) is 26.7. The van der Waals surface area contributed by atoms with E-state index >= 15 is 0 Å². The Kier molecular flexibility index (Phi) is 6.44. The van der Waals surface area contributed by atoms with Gasteiger partial charge in [0.05, 0.1) is 11.4 Å². The van der Waals surface area contributed by atoms with E-state index in [4.69, 9.17) is 5.11 Å². The molecule has 0 aliphatic rings. The number of nitrogens with one attached hydrogen (secondary N) is 2. The number of carbonyl (C=O) groups is 2. The van der Waals surface area contributed by atoms with Crippen molar-refractivity contribution < 1.29 is 14.7 Å². The van der Waals surface area contributed by atoms with Crippen LogP contribution in [0, 0.1) is 5.92 Å². The Morgan fingerprint density at radius 2 is 2.10 bits per heavy atom. The normalized spacial score (nSPS) is 13.8. The molecule has 0 aliphatic carbocycles. The summed E-state index contributed by atoms with van der Waals surface area (Å²) in [6.45, 7) is 6.21. The summed E-state index contributed by atoms with van der Waals surface area (Å²) in [5, 5.41) is 17.1. The van der Waals surface area contributed by atoms with Gasteiger partial charge < -0.3 is 15.7 Å². The third-order valence-corrected chi connectivity index (χ3v) is 3.96. The molecule has 0 saturated carbocycles. The molecule has 112 valence electrons. The summed E-state index contributed by atoms with van der Waals surface area (Å²) in [6.07, 6.45) is 1.66. The van der Waals surface area contributed by atoms with Crippen LogP contribution < -0.4 is 10.6 Å². The molecule has 0 saturated heterocycles. The van der Waals surface area contributed by atoms with E-state index in [0.717, 1.165) is 5.01 Å². The lowest BCUT2D eigenvalue weighted by molar-refractivity contribution is -0.137. The van der Waals surface area contributed by atoms with Crippen molar-refractivity contribution in [2.75, 3.05) is 6.54 Å². The van der Waals surface area contributed by atoms with Gasteiger partial charge in [0.2, 0.25) is 0 Å². The van der Waals surface area contributed by atoms with Crippen LogP contribution in [0.5, 0.6) is 0 Å². The molecule has 0 spiro atoms. The predicted molar refractivity (Wildman–Crippen MR) is 77.9 cm³/mol. The Bertz CT molecular complexity index is 434. The molecule has 20 heavy (non-hydrogen) atoms. The third-order valence-electron chi connectivity index (χ3n) is 2.96. The zero-order valence-corrected chi connectivity index (χ0v) is 12.7. The molecule has 1 rings (SSSR count). The number of aliphatic carboxylic acids is 1. The fourth-order valence-corrected chi connectivity index (χ4v) is 2.37. The summed E-state index contributed by atoms with van der Waals surface area (Å²) in [5.74, 6) is -0.717.